The molecule has 0 saturated heterocycles. The Balaban J connectivity index is 1.65. The Labute approximate surface area is 179 Å². The standard InChI is InChI=1S/C21H16BrIN2O2/c22-17-5-3-4-16(12-17)14-27-20-7-2-1-6-19(20)21(26)25-24-13-15-8-10-18(23)11-9-15/h1-13H,14H2,(H,25,26)/b24-13-. The van der Waals surface area contributed by atoms with Gasteiger partial charge in [0, 0.05) is 8.04 Å². The molecule has 0 aliphatic rings. The third-order valence-corrected chi connectivity index (χ3v) is 4.88. The van der Waals surface area contributed by atoms with E-state index >= 15 is 0 Å². The average molecular weight is 535 g/mol. The molecule has 1 N–H and O–H groups in total. The van der Waals surface area contributed by atoms with E-state index in [-0.39, 0.29) is 5.91 Å². The summed E-state index contributed by atoms with van der Waals surface area (Å²) in [5, 5.41) is 4.03. The topological polar surface area (TPSA) is 50.7 Å². The minimum atomic E-state index is -0.318. The van der Waals surface area contributed by atoms with Crippen LogP contribution in [0.15, 0.2) is 82.4 Å². The van der Waals surface area contributed by atoms with E-state index in [1.165, 1.54) is 0 Å². The first kappa shape index (κ1) is 19.6. The van der Waals surface area contributed by atoms with E-state index in [9.17, 15) is 4.79 Å². The number of ether oxygens (including phenoxy) is 1. The van der Waals surface area contributed by atoms with Gasteiger partial charge in [0.15, 0.2) is 0 Å². The lowest BCUT2D eigenvalue weighted by molar-refractivity contribution is 0.0950. The SMILES string of the molecule is O=C(N/N=C\c1ccc(I)cc1)c1ccccc1OCc1cccc(Br)c1. The number of halogens is 2. The number of hydrogen-bond acceptors (Lipinski definition) is 3. The fourth-order valence-electron chi connectivity index (χ4n) is 2.34. The first-order chi connectivity index (χ1) is 13.1. The number of nitrogens with zero attached hydrogens (tertiary/aromatic N) is 1. The van der Waals surface area contributed by atoms with Crippen LogP contribution in [0, 0.1) is 3.57 Å². The van der Waals surface area contributed by atoms with Crippen LogP contribution in [-0.4, -0.2) is 12.1 Å². The highest BCUT2D eigenvalue weighted by Gasteiger charge is 2.11. The van der Waals surface area contributed by atoms with Crippen LogP contribution in [0.5, 0.6) is 5.75 Å². The summed E-state index contributed by atoms with van der Waals surface area (Å²) in [6.07, 6.45) is 1.61. The van der Waals surface area contributed by atoms with Crippen LogP contribution in [0.4, 0.5) is 0 Å². The molecule has 0 saturated carbocycles. The van der Waals surface area contributed by atoms with Gasteiger partial charge in [0.05, 0.1) is 11.8 Å². The van der Waals surface area contributed by atoms with Crippen molar-refractivity contribution in [3.05, 3.63) is 97.5 Å². The molecule has 0 unspecified atom stereocenters. The minimum absolute atomic E-state index is 0.318. The second-order valence-corrected chi connectivity index (χ2v) is 7.83. The van der Waals surface area contributed by atoms with Crippen molar-refractivity contribution in [2.45, 2.75) is 6.61 Å². The molecule has 3 aromatic rings. The first-order valence-corrected chi connectivity index (χ1v) is 10.0. The third kappa shape index (κ3) is 5.90. The second-order valence-electron chi connectivity index (χ2n) is 5.67. The number of para-hydroxylation sites is 1. The van der Waals surface area contributed by atoms with Crippen molar-refractivity contribution < 1.29 is 9.53 Å². The van der Waals surface area contributed by atoms with Gasteiger partial charge in [0.25, 0.3) is 5.91 Å². The Morgan fingerprint density at radius 1 is 1.07 bits per heavy atom. The molecule has 27 heavy (non-hydrogen) atoms. The summed E-state index contributed by atoms with van der Waals surface area (Å²) in [4.78, 5) is 12.5. The lowest BCUT2D eigenvalue weighted by atomic mass is 10.2. The summed E-state index contributed by atoms with van der Waals surface area (Å²) in [6, 6.07) is 22.8. The van der Waals surface area contributed by atoms with Gasteiger partial charge >= 0.3 is 0 Å². The van der Waals surface area contributed by atoms with Crippen molar-refractivity contribution in [1.29, 1.82) is 0 Å². The molecule has 4 nitrogen and oxygen atoms in total. The predicted octanol–water partition coefficient (Wildman–Crippen LogP) is 5.40. The Morgan fingerprint density at radius 3 is 2.63 bits per heavy atom. The minimum Gasteiger partial charge on any atom is -0.488 e. The number of amides is 1. The maximum Gasteiger partial charge on any atom is 0.275 e. The molecule has 0 aliphatic carbocycles. The number of hydrogen-bond donors (Lipinski definition) is 1. The number of carbonyl (C=O) groups excluding carboxylic acids is 1. The summed E-state index contributed by atoms with van der Waals surface area (Å²) >= 11 is 5.68. The van der Waals surface area contributed by atoms with Crippen molar-refractivity contribution in [3.63, 3.8) is 0 Å². The highest BCUT2D eigenvalue weighted by Crippen LogP contribution is 2.20. The van der Waals surface area contributed by atoms with Gasteiger partial charge in [-0.15, -0.1) is 0 Å². The monoisotopic (exact) mass is 534 g/mol. The lowest BCUT2D eigenvalue weighted by Crippen LogP contribution is -2.18. The van der Waals surface area contributed by atoms with Gasteiger partial charge in [0.1, 0.15) is 12.4 Å². The number of rotatable bonds is 6. The Kier molecular flexibility index (Phi) is 7.00. The highest BCUT2D eigenvalue weighted by molar-refractivity contribution is 14.1. The number of nitrogens with one attached hydrogen (secondary N) is 1. The van der Waals surface area contributed by atoms with E-state index in [4.69, 9.17) is 4.74 Å². The fraction of sp³-hybridized carbons (Fsp3) is 0.0476. The van der Waals surface area contributed by atoms with Crippen molar-refractivity contribution in [1.82, 2.24) is 5.43 Å². The molecule has 0 atom stereocenters. The van der Waals surface area contributed by atoms with E-state index in [0.29, 0.717) is 17.9 Å². The lowest BCUT2D eigenvalue weighted by Gasteiger charge is -2.10. The third-order valence-electron chi connectivity index (χ3n) is 3.66. The molecule has 0 radical (unpaired) electrons. The van der Waals surface area contributed by atoms with Gasteiger partial charge in [-0.25, -0.2) is 5.43 Å². The molecule has 0 spiro atoms. The summed E-state index contributed by atoms with van der Waals surface area (Å²) in [7, 11) is 0. The summed E-state index contributed by atoms with van der Waals surface area (Å²) in [5.41, 5.74) is 4.91. The maximum absolute atomic E-state index is 12.5. The van der Waals surface area contributed by atoms with E-state index in [1.807, 2.05) is 54.6 Å². The largest absolute Gasteiger partial charge is 0.488 e. The van der Waals surface area contributed by atoms with Gasteiger partial charge in [-0.2, -0.15) is 5.10 Å². The summed E-state index contributed by atoms with van der Waals surface area (Å²) in [5.74, 6) is 0.195. The van der Waals surface area contributed by atoms with Crippen molar-refractivity contribution >= 4 is 50.6 Å². The Hall–Kier alpha value is -2.19. The van der Waals surface area contributed by atoms with E-state index in [1.54, 1.807) is 24.4 Å². The van der Waals surface area contributed by atoms with Crippen LogP contribution in [0.1, 0.15) is 21.5 Å². The van der Waals surface area contributed by atoms with Crippen LogP contribution >= 0.6 is 38.5 Å². The zero-order valence-electron chi connectivity index (χ0n) is 14.2. The molecule has 1 amide bonds. The maximum atomic E-state index is 12.5. The molecule has 3 rings (SSSR count). The van der Waals surface area contributed by atoms with Gasteiger partial charge in [-0.3, -0.25) is 4.79 Å². The van der Waals surface area contributed by atoms with Crippen LogP contribution < -0.4 is 10.2 Å². The molecular weight excluding hydrogens is 519 g/mol. The average Bonchev–Trinajstić information content (AvgIpc) is 2.68. The number of benzene rings is 3. The molecule has 0 aromatic heterocycles. The van der Waals surface area contributed by atoms with Gasteiger partial charge in [0.2, 0.25) is 0 Å². The Morgan fingerprint density at radius 2 is 1.85 bits per heavy atom. The molecule has 6 heteroatoms. The summed E-state index contributed by atoms with van der Waals surface area (Å²) < 4.78 is 7.97. The smallest absolute Gasteiger partial charge is 0.275 e. The Bertz CT molecular complexity index is 958. The van der Waals surface area contributed by atoms with Crippen molar-refractivity contribution in [2.75, 3.05) is 0 Å². The van der Waals surface area contributed by atoms with Gasteiger partial charge in [-0.05, 0) is 70.1 Å². The molecular formula is C21H16BrIN2O2. The highest BCUT2D eigenvalue weighted by atomic mass is 127. The normalized spacial score (nSPS) is 10.7. The second kappa shape index (κ2) is 9.66. The first-order valence-electron chi connectivity index (χ1n) is 8.17. The molecule has 0 bridgehead atoms. The predicted molar refractivity (Wildman–Crippen MR) is 119 cm³/mol. The van der Waals surface area contributed by atoms with Gasteiger partial charge in [-0.1, -0.05) is 52.3 Å². The summed E-state index contributed by atoms with van der Waals surface area (Å²) in [6.45, 7) is 0.371. The van der Waals surface area contributed by atoms with Crippen LogP contribution in [-0.2, 0) is 6.61 Å². The number of carbonyl (C=O) groups is 1. The zero-order valence-corrected chi connectivity index (χ0v) is 18.0. The van der Waals surface area contributed by atoms with Crippen LogP contribution in [0.2, 0.25) is 0 Å². The van der Waals surface area contributed by atoms with Crippen LogP contribution in [0.25, 0.3) is 0 Å². The molecule has 0 heterocycles. The van der Waals surface area contributed by atoms with Crippen LogP contribution in [0.3, 0.4) is 0 Å². The molecule has 0 fully saturated rings. The van der Waals surface area contributed by atoms with Crippen molar-refractivity contribution in [2.24, 2.45) is 5.10 Å². The molecule has 3 aromatic carbocycles. The van der Waals surface area contributed by atoms with E-state index < -0.39 is 0 Å². The molecule has 0 aliphatic heterocycles. The molecule has 136 valence electrons. The quantitative estimate of drug-likeness (QED) is 0.261. The van der Waals surface area contributed by atoms with E-state index in [0.717, 1.165) is 19.2 Å². The van der Waals surface area contributed by atoms with Crippen molar-refractivity contribution in [3.8, 4) is 5.75 Å². The zero-order chi connectivity index (χ0) is 19.1. The fourth-order valence-corrected chi connectivity index (χ4v) is 3.15. The number of hydrazone groups is 1. The van der Waals surface area contributed by atoms with Gasteiger partial charge < -0.3 is 4.74 Å². The van der Waals surface area contributed by atoms with E-state index in [2.05, 4.69) is 49.0 Å².